The SMILES string of the molecule is Cc1cc(C#Cc2ccccc2)ccc1C#Cc1ccccc1. The van der Waals surface area contributed by atoms with E-state index in [1.54, 1.807) is 0 Å². The molecule has 3 aromatic rings. The van der Waals surface area contributed by atoms with E-state index in [4.69, 9.17) is 0 Å². The van der Waals surface area contributed by atoms with Crippen molar-refractivity contribution in [2.24, 2.45) is 0 Å². The summed E-state index contributed by atoms with van der Waals surface area (Å²) in [5.41, 5.74) is 5.25. The van der Waals surface area contributed by atoms with Crippen molar-refractivity contribution >= 4 is 0 Å². The Kier molecular flexibility index (Phi) is 4.58. The Bertz CT molecular complexity index is 912. The number of aryl methyl sites for hydroxylation is 1. The van der Waals surface area contributed by atoms with E-state index in [0.717, 1.165) is 27.8 Å². The van der Waals surface area contributed by atoms with Gasteiger partial charge in [0.1, 0.15) is 0 Å². The highest BCUT2D eigenvalue weighted by molar-refractivity contribution is 5.51. The predicted octanol–water partition coefficient (Wildman–Crippen LogP) is 4.79. The van der Waals surface area contributed by atoms with Crippen LogP contribution in [0.15, 0.2) is 78.9 Å². The second-order valence-corrected chi connectivity index (χ2v) is 5.26. The summed E-state index contributed by atoms with van der Waals surface area (Å²) in [7, 11) is 0. The molecular weight excluding hydrogens is 276 g/mol. The fourth-order valence-corrected chi connectivity index (χ4v) is 2.21. The smallest absolute Gasteiger partial charge is 0.0279 e. The zero-order chi connectivity index (χ0) is 15.9. The average Bonchev–Trinajstić information content (AvgIpc) is 2.61. The van der Waals surface area contributed by atoms with Crippen molar-refractivity contribution < 1.29 is 0 Å². The molecule has 0 unspecified atom stereocenters. The summed E-state index contributed by atoms with van der Waals surface area (Å²) >= 11 is 0. The molecule has 0 fully saturated rings. The molecule has 0 radical (unpaired) electrons. The Balaban J connectivity index is 1.82. The van der Waals surface area contributed by atoms with Crippen LogP contribution in [0.3, 0.4) is 0 Å². The molecule has 0 aliphatic rings. The molecular formula is C23H16. The quantitative estimate of drug-likeness (QED) is 0.522. The van der Waals surface area contributed by atoms with Crippen LogP contribution < -0.4 is 0 Å². The molecule has 0 heterocycles. The molecule has 0 saturated carbocycles. The highest BCUT2D eigenvalue weighted by Crippen LogP contribution is 2.10. The summed E-state index contributed by atoms with van der Waals surface area (Å²) in [5, 5.41) is 0. The minimum Gasteiger partial charge on any atom is -0.0622 e. The van der Waals surface area contributed by atoms with Gasteiger partial charge in [0, 0.05) is 22.3 Å². The van der Waals surface area contributed by atoms with Crippen molar-refractivity contribution in [1.29, 1.82) is 0 Å². The van der Waals surface area contributed by atoms with Crippen LogP contribution in [0.25, 0.3) is 0 Å². The Hall–Kier alpha value is -3.22. The van der Waals surface area contributed by atoms with Gasteiger partial charge in [-0.05, 0) is 55.0 Å². The fourth-order valence-electron chi connectivity index (χ4n) is 2.21. The van der Waals surface area contributed by atoms with Gasteiger partial charge in [0.2, 0.25) is 0 Å². The summed E-state index contributed by atoms with van der Waals surface area (Å²) in [6, 6.07) is 26.2. The summed E-state index contributed by atoms with van der Waals surface area (Å²) < 4.78 is 0. The van der Waals surface area contributed by atoms with Gasteiger partial charge in [-0.3, -0.25) is 0 Å². The van der Waals surface area contributed by atoms with Crippen molar-refractivity contribution in [2.45, 2.75) is 6.92 Å². The van der Waals surface area contributed by atoms with E-state index < -0.39 is 0 Å². The number of hydrogen-bond acceptors (Lipinski definition) is 0. The van der Waals surface area contributed by atoms with Gasteiger partial charge < -0.3 is 0 Å². The van der Waals surface area contributed by atoms with E-state index in [1.165, 1.54) is 0 Å². The minimum atomic E-state index is 1.01. The maximum Gasteiger partial charge on any atom is 0.0279 e. The molecule has 108 valence electrons. The van der Waals surface area contributed by atoms with Gasteiger partial charge in [0.15, 0.2) is 0 Å². The largest absolute Gasteiger partial charge is 0.0622 e. The van der Waals surface area contributed by atoms with Crippen LogP contribution in [0.2, 0.25) is 0 Å². The van der Waals surface area contributed by atoms with E-state index >= 15 is 0 Å². The van der Waals surface area contributed by atoms with Gasteiger partial charge in [-0.2, -0.15) is 0 Å². The monoisotopic (exact) mass is 292 g/mol. The second-order valence-electron chi connectivity index (χ2n) is 5.26. The van der Waals surface area contributed by atoms with Crippen molar-refractivity contribution in [3.05, 3.63) is 107 Å². The molecule has 0 amide bonds. The molecule has 0 aromatic heterocycles. The van der Waals surface area contributed by atoms with Crippen molar-refractivity contribution in [2.75, 3.05) is 0 Å². The lowest BCUT2D eigenvalue weighted by atomic mass is 10.0. The maximum atomic E-state index is 3.23. The third-order valence-electron chi connectivity index (χ3n) is 3.47. The Morgan fingerprint density at radius 1 is 0.522 bits per heavy atom. The molecule has 0 N–H and O–H groups in total. The van der Waals surface area contributed by atoms with Crippen LogP contribution in [0.5, 0.6) is 0 Å². The number of hydrogen-bond donors (Lipinski definition) is 0. The first-order valence-corrected chi connectivity index (χ1v) is 7.56. The van der Waals surface area contributed by atoms with Gasteiger partial charge in [-0.15, -0.1) is 0 Å². The Morgan fingerprint density at radius 3 is 1.61 bits per heavy atom. The van der Waals surface area contributed by atoms with Crippen LogP contribution in [0.1, 0.15) is 27.8 Å². The molecule has 0 nitrogen and oxygen atoms in total. The molecule has 3 rings (SSSR count). The predicted molar refractivity (Wildman–Crippen MR) is 96.0 cm³/mol. The van der Waals surface area contributed by atoms with Crippen LogP contribution in [-0.4, -0.2) is 0 Å². The lowest BCUT2D eigenvalue weighted by Gasteiger charge is -1.99. The zero-order valence-electron chi connectivity index (χ0n) is 13.0. The van der Waals surface area contributed by atoms with Crippen LogP contribution in [0, 0.1) is 30.6 Å². The molecule has 0 heteroatoms. The number of rotatable bonds is 0. The molecule has 0 saturated heterocycles. The third kappa shape index (κ3) is 4.13. The van der Waals surface area contributed by atoms with Crippen LogP contribution in [0.4, 0.5) is 0 Å². The molecule has 0 spiro atoms. The summed E-state index contributed by atoms with van der Waals surface area (Å²) in [4.78, 5) is 0. The van der Waals surface area contributed by atoms with Crippen molar-refractivity contribution in [1.82, 2.24) is 0 Å². The molecule has 0 aliphatic heterocycles. The highest BCUT2D eigenvalue weighted by Gasteiger charge is 1.96. The van der Waals surface area contributed by atoms with Gasteiger partial charge in [0.05, 0.1) is 0 Å². The van der Waals surface area contributed by atoms with Crippen LogP contribution >= 0.6 is 0 Å². The molecule has 0 bridgehead atoms. The maximum absolute atomic E-state index is 3.23. The van der Waals surface area contributed by atoms with E-state index in [0.29, 0.717) is 0 Å². The van der Waals surface area contributed by atoms with Crippen molar-refractivity contribution in [3.8, 4) is 23.7 Å². The van der Waals surface area contributed by atoms with E-state index in [9.17, 15) is 0 Å². The molecule has 0 aliphatic carbocycles. The first-order valence-electron chi connectivity index (χ1n) is 7.56. The molecule has 23 heavy (non-hydrogen) atoms. The van der Waals surface area contributed by atoms with E-state index in [2.05, 4.69) is 36.7 Å². The van der Waals surface area contributed by atoms with E-state index in [1.807, 2.05) is 72.8 Å². The zero-order valence-corrected chi connectivity index (χ0v) is 13.0. The lowest BCUT2D eigenvalue weighted by Crippen LogP contribution is -1.85. The number of benzene rings is 3. The first kappa shape index (κ1) is 14.7. The lowest BCUT2D eigenvalue weighted by molar-refractivity contribution is 1.42. The topological polar surface area (TPSA) is 0 Å². The standard InChI is InChI=1S/C23H16/c1-19-18-22(13-12-20-8-4-2-5-9-20)15-17-23(19)16-14-21-10-6-3-7-11-21/h2-11,15,17-18H,1H3. The third-order valence-corrected chi connectivity index (χ3v) is 3.47. The Labute approximate surface area is 137 Å². The summed E-state index contributed by atoms with van der Waals surface area (Å²) in [6.07, 6.45) is 0. The first-order chi connectivity index (χ1) is 11.3. The molecule has 3 aromatic carbocycles. The fraction of sp³-hybridized carbons (Fsp3) is 0.0435. The van der Waals surface area contributed by atoms with Gasteiger partial charge >= 0.3 is 0 Å². The van der Waals surface area contributed by atoms with Gasteiger partial charge in [-0.25, -0.2) is 0 Å². The summed E-state index contributed by atoms with van der Waals surface area (Å²) in [6.45, 7) is 2.07. The van der Waals surface area contributed by atoms with Crippen LogP contribution in [-0.2, 0) is 0 Å². The molecule has 0 atom stereocenters. The van der Waals surface area contributed by atoms with Gasteiger partial charge in [0.25, 0.3) is 0 Å². The second kappa shape index (κ2) is 7.17. The van der Waals surface area contributed by atoms with Gasteiger partial charge in [-0.1, -0.05) is 60.1 Å². The highest BCUT2D eigenvalue weighted by atomic mass is 14.0. The average molecular weight is 292 g/mol. The van der Waals surface area contributed by atoms with E-state index in [-0.39, 0.29) is 0 Å². The Morgan fingerprint density at radius 2 is 1.04 bits per heavy atom. The minimum absolute atomic E-state index is 1.01. The summed E-state index contributed by atoms with van der Waals surface area (Å²) in [5.74, 6) is 12.8. The normalized spacial score (nSPS) is 9.26. The van der Waals surface area contributed by atoms with Crippen molar-refractivity contribution in [3.63, 3.8) is 0 Å².